The lowest BCUT2D eigenvalue weighted by molar-refractivity contribution is 0.0826. The van der Waals surface area contributed by atoms with Gasteiger partial charge < -0.3 is 36.6 Å². The Labute approximate surface area is 321 Å². The second-order valence-electron chi connectivity index (χ2n) is 15.4. The van der Waals surface area contributed by atoms with Crippen molar-refractivity contribution < 1.29 is 34.5 Å². The average Bonchev–Trinajstić information content (AvgIpc) is 3.16. The number of aliphatic hydroxyl groups is 3. The van der Waals surface area contributed by atoms with Crippen molar-refractivity contribution >= 4 is 28.9 Å². The van der Waals surface area contributed by atoms with Crippen LogP contribution in [0.15, 0.2) is 78.9 Å². The summed E-state index contributed by atoms with van der Waals surface area (Å²) in [5, 5.41) is 36.8. The van der Waals surface area contributed by atoms with Gasteiger partial charge in [-0.15, -0.1) is 0 Å². The van der Waals surface area contributed by atoms with Crippen LogP contribution < -0.4 is 21.7 Å². The number of carbonyl (C=O) groups is 4. The minimum atomic E-state index is -0.536. The minimum absolute atomic E-state index is 0.00900. The zero-order valence-electron chi connectivity index (χ0n) is 33.7. The maximum atomic E-state index is 12.4. The van der Waals surface area contributed by atoms with Gasteiger partial charge >= 0.3 is 0 Å². The maximum Gasteiger partial charge on any atom is 0.253 e. The Balaban J connectivity index is 0.000000411. The predicted octanol–water partition coefficient (Wildman–Crippen LogP) is 4.14. The number of aliphatic hydroxyl groups excluding tert-OH is 3. The van der Waals surface area contributed by atoms with Crippen LogP contribution in [0.5, 0.6) is 0 Å². The highest BCUT2D eigenvalue weighted by molar-refractivity contribution is 6.03. The number of ketones is 3. The smallest absolute Gasteiger partial charge is 0.253 e. The van der Waals surface area contributed by atoms with Gasteiger partial charge in [-0.25, -0.2) is 0 Å². The van der Waals surface area contributed by atoms with Gasteiger partial charge in [-0.05, 0) is 91.3 Å². The normalized spacial score (nSPS) is 12.6. The van der Waals surface area contributed by atoms with E-state index in [0.29, 0.717) is 34.4 Å². The fourth-order valence-electron chi connectivity index (χ4n) is 4.83. The van der Waals surface area contributed by atoms with Crippen LogP contribution in [0.3, 0.4) is 0 Å². The molecule has 0 radical (unpaired) electrons. The van der Waals surface area contributed by atoms with E-state index in [4.69, 9.17) is 10.8 Å². The molecule has 3 rings (SSSR count). The van der Waals surface area contributed by atoms with E-state index in [2.05, 4.69) is 16.0 Å². The van der Waals surface area contributed by atoms with Crippen LogP contribution in [0, 0.1) is 0 Å². The number of hydrogen-bond donors (Lipinski definition) is 7. The van der Waals surface area contributed by atoms with Gasteiger partial charge in [0.1, 0.15) is 0 Å². The standard InChI is InChI=1S/C16H24N2O3.C14H22N2O2.C12H17NO2/c1-11(17-16(2,3)10-19)14(20)12-7-6-8-13(9-12)15(21)18(4)5;1-4-12(16-14(2,3)9-17)13(18)10-5-7-11(15)8-6-10;1-12(2,9-14)13-8-11(15)10-6-4-3-5-7-10/h6-9,11,17,19H,10H2,1-5H3;5-8,12,16-17H,4,9,15H2,1-3H3;3-7,13-14H,8-9H2,1-2H3. The van der Waals surface area contributed by atoms with Gasteiger partial charge in [0.25, 0.3) is 5.91 Å². The van der Waals surface area contributed by atoms with Crippen molar-refractivity contribution in [1.82, 2.24) is 20.9 Å². The van der Waals surface area contributed by atoms with Gasteiger partial charge in [-0.1, -0.05) is 49.4 Å². The lowest BCUT2D eigenvalue weighted by Gasteiger charge is -2.29. The lowest BCUT2D eigenvalue weighted by atomic mass is 9.98. The number of amides is 1. The quantitative estimate of drug-likeness (QED) is 0.0775. The number of Topliss-reactive ketones (excluding diaryl/α,β-unsaturated/α-hetero) is 3. The van der Waals surface area contributed by atoms with Crippen molar-refractivity contribution in [1.29, 1.82) is 0 Å². The molecule has 0 bridgehead atoms. The number of rotatable bonds is 17. The Morgan fingerprint density at radius 3 is 1.67 bits per heavy atom. The van der Waals surface area contributed by atoms with E-state index in [-0.39, 0.29) is 55.7 Å². The maximum absolute atomic E-state index is 12.4. The largest absolute Gasteiger partial charge is 0.399 e. The highest BCUT2D eigenvalue weighted by atomic mass is 16.3. The van der Waals surface area contributed by atoms with Gasteiger partial charge in [0.15, 0.2) is 17.3 Å². The van der Waals surface area contributed by atoms with Crippen LogP contribution in [0.4, 0.5) is 5.69 Å². The summed E-state index contributed by atoms with van der Waals surface area (Å²) < 4.78 is 0. The van der Waals surface area contributed by atoms with Crippen molar-refractivity contribution in [3.05, 3.63) is 101 Å². The molecule has 1 amide bonds. The van der Waals surface area contributed by atoms with Crippen molar-refractivity contribution in [3.63, 3.8) is 0 Å². The van der Waals surface area contributed by atoms with Crippen LogP contribution in [-0.4, -0.2) is 113 Å². The van der Waals surface area contributed by atoms with Crippen LogP contribution in [-0.2, 0) is 0 Å². The molecule has 0 fully saturated rings. The number of benzene rings is 3. The van der Waals surface area contributed by atoms with E-state index in [0.717, 1.165) is 0 Å². The van der Waals surface area contributed by atoms with Crippen molar-refractivity contribution in [2.24, 2.45) is 0 Å². The molecule has 3 aromatic rings. The van der Waals surface area contributed by atoms with Crippen molar-refractivity contribution in [2.75, 3.05) is 46.2 Å². The summed E-state index contributed by atoms with van der Waals surface area (Å²) >= 11 is 0. The molecule has 8 N–H and O–H groups in total. The molecule has 0 aliphatic rings. The summed E-state index contributed by atoms with van der Waals surface area (Å²) in [6.07, 6.45) is 0.673. The molecule has 0 saturated heterocycles. The van der Waals surface area contributed by atoms with Crippen molar-refractivity contribution in [3.8, 4) is 0 Å². The monoisotopic (exact) mass is 749 g/mol. The van der Waals surface area contributed by atoms with Crippen LogP contribution in [0.25, 0.3) is 0 Å². The van der Waals surface area contributed by atoms with Gasteiger partial charge in [0, 0.05) is 58.7 Å². The predicted molar refractivity (Wildman–Crippen MR) is 216 cm³/mol. The first-order valence-corrected chi connectivity index (χ1v) is 18.1. The third-order valence-corrected chi connectivity index (χ3v) is 8.29. The number of anilines is 1. The highest BCUT2D eigenvalue weighted by Crippen LogP contribution is 2.14. The SMILES string of the molecule is CC(C)(CO)NCC(=O)c1ccccc1.CC(NC(C)(C)CO)C(=O)c1cccc(C(=O)N(C)C)c1.CCC(NC(C)(C)CO)C(=O)c1ccc(N)cc1. The Hall–Kier alpha value is -4.30. The molecule has 0 aliphatic carbocycles. The zero-order chi connectivity index (χ0) is 41.3. The summed E-state index contributed by atoms with van der Waals surface area (Å²) in [6.45, 7) is 15.0. The number of nitrogens with two attached hydrogens (primary N) is 1. The van der Waals surface area contributed by atoms with E-state index in [1.807, 2.05) is 66.7 Å². The van der Waals surface area contributed by atoms with Gasteiger partial charge in [-0.2, -0.15) is 0 Å². The molecule has 0 heterocycles. The molecule has 2 atom stereocenters. The Kier molecular flexibility index (Phi) is 19.6. The fourth-order valence-corrected chi connectivity index (χ4v) is 4.83. The number of carbonyl (C=O) groups excluding carboxylic acids is 4. The summed E-state index contributed by atoms with van der Waals surface area (Å²) in [5.74, 6) is -0.179. The second-order valence-corrected chi connectivity index (χ2v) is 15.4. The first-order valence-electron chi connectivity index (χ1n) is 18.1. The van der Waals surface area contributed by atoms with Crippen LogP contribution in [0.1, 0.15) is 103 Å². The molecule has 0 spiro atoms. The van der Waals surface area contributed by atoms with Crippen LogP contribution >= 0.6 is 0 Å². The fraction of sp³-hybridized carbons (Fsp3) is 0.476. The van der Waals surface area contributed by atoms with Gasteiger partial charge in [0.05, 0.1) is 38.4 Å². The van der Waals surface area contributed by atoms with Crippen LogP contribution in [0.2, 0.25) is 0 Å². The Morgan fingerprint density at radius 1 is 0.667 bits per heavy atom. The number of nitrogens with one attached hydrogen (secondary N) is 3. The van der Waals surface area contributed by atoms with Gasteiger partial charge in [0.2, 0.25) is 0 Å². The first kappa shape index (κ1) is 47.7. The molecule has 0 saturated carbocycles. The number of hydrogen-bond acceptors (Lipinski definition) is 11. The zero-order valence-corrected chi connectivity index (χ0v) is 33.7. The van der Waals surface area contributed by atoms with Crippen molar-refractivity contribution in [2.45, 2.75) is 90.5 Å². The lowest BCUT2D eigenvalue weighted by Crippen LogP contribution is -2.51. The average molecular weight is 750 g/mol. The summed E-state index contributed by atoms with van der Waals surface area (Å²) in [6, 6.07) is 22.0. The van der Waals surface area contributed by atoms with E-state index in [1.165, 1.54) is 4.90 Å². The first-order chi connectivity index (χ1) is 25.1. The summed E-state index contributed by atoms with van der Waals surface area (Å²) in [5.41, 5.74) is 7.12. The molecule has 12 nitrogen and oxygen atoms in total. The molecule has 2 unspecified atom stereocenters. The highest BCUT2D eigenvalue weighted by Gasteiger charge is 2.26. The number of nitrogen functional groups attached to an aromatic ring is 1. The molecule has 54 heavy (non-hydrogen) atoms. The molecular weight excluding hydrogens is 686 g/mol. The van der Waals surface area contributed by atoms with E-state index >= 15 is 0 Å². The van der Waals surface area contributed by atoms with E-state index < -0.39 is 22.7 Å². The van der Waals surface area contributed by atoms with Gasteiger partial charge in [-0.3, -0.25) is 24.5 Å². The Bertz CT molecular complexity index is 1620. The molecular formula is C42H63N5O7. The third kappa shape index (κ3) is 16.8. The summed E-state index contributed by atoms with van der Waals surface area (Å²) in [4.78, 5) is 49.8. The molecule has 0 aromatic heterocycles. The molecule has 298 valence electrons. The molecule has 12 heteroatoms. The van der Waals surface area contributed by atoms with E-state index in [9.17, 15) is 29.4 Å². The van der Waals surface area contributed by atoms with E-state index in [1.54, 1.807) is 81.7 Å². The minimum Gasteiger partial charge on any atom is -0.399 e. The molecule has 3 aromatic carbocycles. The second kappa shape index (κ2) is 22.2. The molecule has 0 aliphatic heterocycles. The topological polar surface area (TPSA) is 194 Å². The number of nitrogens with zero attached hydrogens (tertiary/aromatic N) is 1. The Morgan fingerprint density at radius 2 is 1.17 bits per heavy atom. The summed E-state index contributed by atoms with van der Waals surface area (Å²) in [7, 11) is 3.34. The third-order valence-electron chi connectivity index (χ3n) is 8.29.